The second-order valence-corrected chi connectivity index (χ2v) is 9.14. The van der Waals surface area contributed by atoms with E-state index in [0.29, 0.717) is 33.6 Å². The minimum absolute atomic E-state index is 0.0150. The Hall–Kier alpha value is -1.90. The standard InChI is InChI=1S/C20H14ClIN2O2S/c21-18-9-8-17(27-18)19(25)23-16-3-1-2-14-15(16)11-24(20(14)26)10-12-4-6-13(22)7-5-12/h1-9H,10-11H2,(H,23,25). The molecule has 136 valence electrons. The van der Waals surface area contributed by atoms with E-state index >= 15 is 0 Å². The number of carbonyl (C=O) groups is 2. The first kappa shape index (κ1) is 18.5. The summed E-state index contributed by atoms with van der Waals surface area (Å²) in [4.78, 5) is 27.6. The molecule has 2 heterocycles. The number of fused-ring (bicyclic) bond motifs is 1. The molecule has 2 aromatic carbocycles. The van der Waals surface area contributed by atoms with E-state index in [1.807, 2.05) is 36.4 Å². The highest BCUT2D eigenvalue weighted by atomic mass is 127. The highest BCUT2D eigenvalue weighted by Gasteiger charge is 2.29. The van der Waals surface area contributed by atoms with Gasteiger partial charge < -0.3 is 10.2 Å². The van der Waals surface area contributed by atoms with Crippen LogP contribution in [0.25, 0.3) is 0 Å². The van der Waals surface area contributed by atoms with Gasteiger partial charge in [0, 0.05) is 33.5 Å². The maximum absolute atomic E-state index is 12.8. The minimum Gasteiger partial charge on any atom is -0.330 e. The summed E-state index contributed by atoms with van der Waals surface area (Å²) in [5.74, 6) is -0.234. The van der Waals surface area contributed by atoms with Crippen LogP contribution in [0.3, 0.4) is 0 Å². The Balaban J connectivity index is 1.55. The smallest absolute Gasteiger partial charge is 0.265 e. The number of hydrogen-bond acceptors (Lipinski definition) is 3. The van der Waals surface area contributed by atoms with Gasteiger partial charge in [-0.15, -0.1) is 11.3 Å². The van der Waals surface area contributed by atoms with Crippen molar-refractivity contribution in [3.8, 4) is 0 Å². The van der Waals surface area contributed by atoms with E-state index in [1.165, 1.54) is 11.3 Å². The summed E-state index contributed by atoms with van der Waals surface area (Å²) in [6, 6.07) is 16.9. The number of halogens is 2. The van der Waals surface area contributed by atoms with Crippen molar-refractivity contribution >= 4 is 63.0 Å². The zero-order valence-electron chi connectivity index (χ0n) is 14.0. The van der Waals surface area contributed by atoms with Crippen molar-refractivity contribution in [3.63, 3.8) is 0 Å². The van der Waals surface area contributed by atoms with E-state index in [0.717, 1.165) is 14.7 Å². The normalized spacial score (nSPS) is 13.0. The predicted octanol–water partition coefficient (Wildman–Crippen LogP) is 5.41. The molecular formula is C20H14ClIN2O2S. The van der Waals surface area contributed by atoms with E-state index in [2.05, 4.69) is 27.9 Å². The third-order valence-electron chi connectivity index (χ3n) is 4.37. The molecule has 0 bridgehead atoms. The number of nitrogens with zero attached hydrogens (tertiary/aromatic N) is 1. The Morgan fingerprint density at radius 1 is 1.15 bits per heavy atom. The van der Waals surface area contributed by atoms with Crippen molar-refractivity contribution in [2.75, 3.05) is 5.32 Å². The molecule has 0 saturated carbocycles. The third-order valence-corrected chi connectivity index (χ3v) is 6.32. The van der Waals surface area contributed by atoms with Crippen LogP contribution in [0.4, 0.5) is 5.69 Å². The average molecular weight is 509 g/mol. The SMILES string of the molecule is O=C(Nc1cccc2c1CN(Cc1ccc(I)cc1)C2=O)c1ccc(Cl)s1. The highest BCUT2D eigenvalue weighted by Crippen LogP contribution is 2.31. The van der Waals surface area contributed by atoms with Gasteiger partial charge in [-0.25, -0.2) is 0 Å². The van der Waals surface area contributed by atoms with Gasteiger partial charge in [-0.2, -0.15) is 0 Å². The molecule has 27 heavy (non-hydrogen) atoms. The Morgan fingerprint density at radius 2 is 1.93 bits per heavy atom. The first-order valence-electron chi connectivity index (χ1n) is 8.23. The van der Waals surface area contributed by atoms with Crippen LogP contribution < -0.4 is 5.32 Å². The van der Waals surface area contributed by atoms with Crippen molar-refractivity contribution < 1.29 is 9.59 Å². The molecule has 0 spiro atoms. The van der Waals surface area contributed by atoms with E-state index in [4.69, 9.17) is 11.6 Å². The second kappa shape index (κ2) is 7.61. The first-order chi connectivity index (χ1) is 13.0. The number of thiophene rings is 1. The van der Waals surface area contributed by atoms with Crippen LogP contribution in [-0.4, -0.2) is 16.7 Å². The summed E-state index contributed by atoms with van der Waals surface area (Å²) >= 11 is 9.40. The molecule has 1 aliphatic heterocycles. The number of amides is 2. The molecule has 0 fully saturated rings. The summed E-state index contributed by atoms with van der Waals surface area (Å²) in [6.07, 6.45) is 0. The van der Waals surface area contributed by atoms with Gasteiger partial charge in [0.05, 0.1) is 9.21 Å². The quantitative estimate of drug-likeness (QED) is 0.479. The van der Waals surface area contributed by atoms with Crippen molar-refractivity contribution in [3.05, 3.63) is 84.1 Å². The highest BCUT2D eigenvalue weighted by molar-refractivity contribution is 14.1. The van der Waals surface area contributed by atoms with E-state index in [-0.39, 0.29) is 11.8 Å². The number of nitrogens with one attached hydrogen (secondary N) is 1. The molecule has 0 aliphatic carbocycles. The number of rotatable bonds is 4. The van der Waals surface area contributed by atoms with Gasteiger partial charge in [0.15, 0.2) is 0 Å². The van der Waals surface area contributed by atoms with Gasteiger partial charge in [0.2, 0.25) is 0 Å². The molecule has 2 amide bonds. The minimum atomic E-state index is -0.219. The predicted molar refractivity (Wildman–Crippen MR) is 116 cm³/mol. The molecule has 0 unspecified atom stereocenters. The largest absolute Gasteiger partial charge is 0.330 e. The third kappa shape index (κ3) is 3.88. The fourth-order valence-corrected chi connectivity index (χ4v) is 4.36. The van der Waals surface area contributed by atoms with E-state index in [9.17, 15) is 9.59 Å². The van der Waals surface area contributed by atoms with Crippen LogP contribution in [-0.2, 0) is 13.1 Å². The molecule has 0 atom stereocenters. The Labute approximate surface area is 179 Å². The van der Waals surface area contributed by atoms with Gasteiger partial charge in [0.1, 0.15) is 0 Å². The fourth-order valence-electron chi connectivity index (χ4n) is 3.07. The van der Waals surface area contributed by atoms with Crippen LogP contribution in [0.15, 0.2) is 54.6 Å². The molecule has 0 radical (unpaired) electrons. The molecule has 4 rings (SSSR count). The van der Waals surface area contributed by atoms with Gasteiger partial charge in [-0.05, 0) is 64.6 Å². The number of anilines is 1. The molecule has 0 saturated heterocycles. The van der Waals surface area contributed by atoms with E-state index in [1.54, 1.807) is 23.1 Å². The summed E-state index contributed by atoms with van der Waals surface area (Å²) in [7, 11) is 0. The van der Waals surface area contributed by atoms with Crippen molar-refractivity contribution in [1.82, 2.24) is 4.90 Å². The second-order valence-electron chi connectivity index (χ2n) is 6.18. The lowest BCUT2D eigenvalue weighted by molar-refractivity contribution is 0.0766. The first-order valence-corrected chi connectivity index (χ1v) is 10.5. The summed E-state index contributed by atoms with van der Waals surface area (Å²) in [6.45, 7) is 1.01. The van der Waals surface area contributed by atoms with Gasteiger partial charge in [-0.3, -0.25) is 9.59 Å². The lowest BCUT2D eigenvalue weighted by Crippen LogP contribution is -2.23. The molecule has 1 N–H and O–H groups in total. The molecule has 1 aliphatic rings. The molecule has 1 aromatic heterocycles. The summed E-state index contributed by atoms with van der Waals surface area (Å²) < 4.78 is 1.73. The van der Waals surface area contributed by atoms with Gasteiger partial charge in [0.25, 0.3) is 11.8 Å². The average Bonchev–Trinajstić information content (AvgIpc) is 3.22. The number of hydrogen-bond donors (Lipinski definition) is 1. The van der Waals surface area contributed by atoms with Crippen molar-refractivity contribution in [2.24, 2.45) is 0 Å². The topological polar surface area (TPSA) is 49.4 Å². The Bertz CT molecular complexity index is 1030. The summed E-state index contributed by atoms with van der Waals surface area (Å²) in [5, 5.41) is 2.92. The molecule has 7 heteroatoms. The van der Waals surface area contributed by atoms with Gasteiger partial charge >= 0.3 is 0 Å². The summed E-state index contributed by atoms with van der Waals surface area (Å²) in [5.41, 5.74) is 3.24. The Kier molecular flexibility index (Phi) is 5.21. The van der Waals surface area contributed by atoms with Gasteiger partial charge in [-0.1, -0.05) is 29.8 Å². The lowest BCUT2D eigenvalue weighted by atomic mass is 10.1. The van der Waals surface area contributed by atoms with Crippen molar-refractivity contribution in [2.45, 2.75) is 13.1 Å². The molecule has 3 aromatic rings. The van der Waals surface area contributed by atoms with Crippen LogP contribution >= 0.6 is 45.5 Å². The van der Waals surface area contributed by atoms with Crippen LogP contribution in [0.2, 0.25) is 4.34 Å². The van der Waals surface area contributed by atoms with Crippen LogP contribution in [0, 0.1) is 3.57 Å². The Morgan fingerprint density at radius 3 is 2.63 bits per heavy atom. The maximum atomic E-state index is 12.8. The molecule has 4 nitrogen and oxygen atoms in total. The van der Waals surface area contributed by atoms with Crippen LogP contribution in [0.1, 0.15) is 31.2 Å². The number of benzene rings is 2. The monoisotopic (exact) mass is 508 g/mol. The van der Waals surface area contributed by atoms with Crippen LogP contribution in [0.5, 0.6) is 0 Å². The zero-order valence-corrected chi connectivity index (χ0v) is 17.8. The van der Waals surface area contributed by atoms with Crippen molar-refractivity contribution in [1.29, 1.82) is 0 Å². The molecular weight excluding hydrogens is 495 g/mol. The van der Waals surface area contributed by atoms with E-state index < -0.39 is 0 Å². The lowest BCUT2D eigenvalue weighted by Gasteiger charge is -2.16. The number of carbonyl (C=O) groups excluding carboxylic acids is 2. The fraction of sp³-hybridized carbons (Fsp3) is 0.100. The zero-order chi connectivity index (χ0) is 19.0. The maximum Gasteiger partial charge on any atom is 0.265 e.